The summed E-state index contributed by atoms with van der Waals surface area (Å²) >= 11 is 0. The van der Waals surface area contributed by atoms with E-state index in [1.165, 1.54) is 20.1 Å². The van der Waals surface area contributed by atoms with Crippen molar-refractivity contribution in [3.63, 3.8) is 0 Å². The van der Waals surface area contributed by atoms with Gasteiger partial charge in [-0.3, -0.25) is 9.59 Å². The number of rotatable bonds is 8. The molecule has 2 amide bonds. The van der Waals surface area contributed by atoms with E-state index >= 15 is 0 Å². The number of benzene rings is 2. The third-order valence-corrected chi connectivity index (χ3v) is 5.14. The zero-order chi connectivity index (χ0) is 23.9. The number of esters is 1. The highest BCUT2D eigenvalue weighted by Crippen LogP contribution is 2.22. The second-order valence-corrected chi connectivity index (χ2v) is 8.78. The number of hydrogen-bond donors (Lipinski definition) is 2. The summed E-state index contributed by atoms with van der Waals surface area (Å²) in [6.07, 6.45) is 0.168. The first kappa shape index (κ1) is 25.0. The zero-order valence-electron chi connectivity index (χ0n) is 19.2. The van der Waals surface area contributed by atoms with Crippen molar-refractivity contribution in [2.45, 2.75) is 58.0 Å². The summed E-state index contributed by atoms with van der Waals surface area (Å²) in [6.45, 7) is 7.60. The third kappa shape index (κ3) is 7.18. The first-order valence-corrected chi connectivity index (χ1v) is 10.5. The Morgan fingerprint density at radius 2 is 1.56 bits per heavy atom. The minimum atomic E-state index is -1.04. The van der Waals surface area contributed by atoms with Gasteiger partial charge in [0, 0.05) is 19.8 Å². The summed E-state index contributed by atoms with van der Waals surface area (Å²) in [7, 11) is 1.24. The van der Waals surface area contributed by atoms with Gasteiger partial charge in [0.05, 0.1) is 7.11 Å². The lowest BCUT2D eigenvalue weighted by Crippen LogP contribution is -2.53. The first-order chi connectivity index (χ1) is 15.0. The van der Waals surface area contributed by atoms with Crippen LogP contribution in [0.5, 0.6) is 0 Å². The maximum Gasteiger partial charge on any atom is 0.328 e. The van der Waals surface area contributed by atoms with Gasteiger partial charge >= 0.3 is 5.97 Å². The monoisotopic (exact) mass is 442 g/mol. The van der Waals surface area contributed by atoms with Crippen LogP contribution in [0.3, 0.4) is 0 Å². The van der Waals surface area contributed by atoms with Gasteiger partial charge < -0.3 is 15.4 Å². The number of methoxy groups -OCH3 is 1. The molecule has 0 spiro atoms. The van der Waals surface area contributed by atoms with Crippen molar-refractivity contribution in [2.24, 2.45) is 0 Å². The lowest BCUT2D eigenvalue weighted by atomic mass is 9.86. The highest BCUT2D eigenvalue weighted by molar-refractivity contribution is 5.90. The minimum absolute atomic E-state index is 0.00715. The van der Waals surface area contributed by atoms with E-state index in [1.54, 1.807) is 18.2 Å². The van der Waals surface area contributed by atoms with E-state index in [-0.39, 0.29) is 23.8 Å². The average molecular weight is 443 g/mol. The first-order valence-electron chi connectivity index (χ1n) is 10.5. The molecule has 0 bridgehead atoms. The number of nitrogens with one attached hydrogen (secondary N) is 2. The van der Waals surface area contributed by atoms with Crippen molar-refractivity contribution in [3.8, 4) is 0 Å². The molecule has 0 aliphatic carbocycles. The van der Waals surface area contributed by atoms with E-state index in [4.69, 9.17) is 4.74 Å². The van der Waals surface area contributed by atoms with E-state index < -0.39 is 35.7 Å². The molecule has 0 heterocycles. The molecular weight excluding hydrogens is 411 g/mol. The van der Waals surface area contributed by atoms with Gasteiger partial charge in [-0.25, -0.2) is 9.18 Å². The van der Waals surface area contributed by atoms with Crippen LogP contribution in [0.25, 0.3) is 0 Å². The highest BCUT2D eigenvalue weighted by Gasteiger charge is 2.28. The Morgan fingerprint density at radius 3 is 2.09 bits per heavy atom. The smallest absolute Gasteiger partial charge is 0.328 e. The van der Waals surface area contributed by atoms with Crippen molar-refractivity contribution in [2.75, 3.05) is 7.11 Å². The summed E-state index contributed by atoms with van der Waals surface area (Å²) in [5.74, 6) is -2.11. The molecule has 0 unspecified atom stereocenters. The van der Waals surface area contributed by atoms with Gasteiger partial charge in [-0.1, -0.05) is 63.2 Å². The van der Waals surface area contributed by atoms with Crippen molar-refractivity contribution in [3.05, 3.63) is 71.0 Å². The zero-order valence-corrected chi connectivity index (χ0v) is 19.2. The molecular formula is C25H31FN2O4. The van der Waals surface area contributed by atoms with E-state index in [0.717, 1.165) is 11.1 Å². The molecule has 7 heteroatoms. The SMILES string of the molecule is COC(=O)[C@@H](Cc1ccc(C(C)(C)C)cc1)NC(=O)[C@H](Cc1ccccc1F)NC(C)=O. The number of carbonyl (C=O) groups excluding carboxylic acids is 3. The molecule has 2 aromatic rings. The Hall–Kier alpha value is -3.22. The molecule has 0 aromatic heterocycles. The standard InChI is InChI=1S/C25H31FN2O4/c1-16(29)27-21(15-18-8-6-7-9-20(18)26)23(30)28-22(24(31)32-5)14-17-10-12-19(13-11-17)25(2,3)4/h6-13,21-22H,14-15H2,1-5H3,(H,27,29)(H,28,30)/t21-,22+/m0/s1. The topological polar surface area (TPSA) is 84.5 Å². The number of hydrogen-bond acceptors (Lipinski definition) is 4. The Labute approximate surface area is 188 Å². The molecule has 0 radical (unpaired) electrons. The van der Waals surface area contributed by atoms with Gasteiger partial charge in [-0.2, -0.15) is 0 Å². The summed E-state index contributed by atoms with van der Waals surface area (Å²) in [4.78, 5) is 36.9. The normalized spacial score (nSPS) is 13.1. The van der Waals surface area contributed by atoms with Crippen LogP contribution >= 0.6 is 0 Å². The molecule has 2 N–H and O–H groups in total. The van der Waals surface area contributed by atoms with Crippen LogP contribution in [0.2, 0.25) is 0 Å². The Balaban J connectivity index is 2.19. The molecule has 2 aromatic carbocycles. The molecule has 0 fully saturated rings. The van der Waals surface area contributed by atoms with Crippen LogP contribution in [0.4, 0.5) is 4.39 Å². The number of halogens is 1. The number of ether oxygens (including phenoxy) is 1. The molecule has 0 saturated heterocycles. The second-order valence-electron chi connectivity index (χ2n) is 8.78. The van der Waals surface area contributed by atoms with Gasteiger partial charge in [0.25, 0.3) is 0 Å². The van der Waals surface area contributed by atoms with Gasteiger partial charge in [0.15, 0.2) is 0 Å². The maximum atomic E-state index is 14.1. The molecule has 2 rings (SSSR count). The predicted octanol–water partition coefficient (Wildman–Crippen LogP) is 3.07. The molecule has 0 aliphatic heterocycles. The van der Waals surface area contributed by atoms with Crippen LogP contribution in [0.1, 0.15) is 44.4 Å². The summed E-state index contributed by atoms with van der Waals surface area (Å²) in [5.41, 5.74) is 2.27. The van der Waals surface area contributed by atoms with Crippen LogP contribution in [0, 0.1) is 5.82 Å². The molecule has 32 heavy (non-hydrogen) atoms. The third-order valence-electron chi connectivity index (χ3n) is 5.14. The molecule has 6 nitrogen and oxygen atoms in total. The average Bonchev–Trinajstić information content (AvgIpc) is 2.73. The maximum absolute atomic E-state index is 14.1. The molecule has 0 aliphatic rings. The lowest BCUT2D eigenvalue weighted by molar-refractivity contribution is -0.145. The molecule has 172 valence electrons. The van der Waals surface area contributed by atoms with Crippen molar-refractivity contribution < 1.29 is 23.5 Å². The summed E-state index contributed by atoms with van der Waals surface area (Å²) < 4.78 is 18.9. The molecule has 2 atom stereocenters. The Morgan fingerprint density at radius 1 is 0.938 bits per heavy atom. The fourth-order valence-corrected chi connectivity index (χ4v) is 3.32. The van der Waals surface area contributed by atoms with Crippen LogP contribution in [-0.2, 0) is 37.4 Å². The highest BCUT2D eigenvalue weighted by atomic mass is 19.1. The van der Waals surface area contributed by atoms with Crippen molar-refractivity contribution >= 4 is 17.8 Å². The Kier molecular flexibility index (Phi) is 8.52. The lowest BCUT2D eigenvalue weighted by Gasteiger charge is -2.23. The Bertz CT molecular complexity index is 951. The van der Waals surface area contributed by atoms with E-state index in [0.29, 0.717) is 0 Å². The van der Waals surface area contributed by atoms with Crippen molar-refractivity contribution in [1.82, 2.24) is 10.6 Å². The van der Waals surface area contributed by atoms with Crippen LogP contribution < -0.4 is 10.6 Å². The second kappa shape index (κ2) is 10.9. The minimum Gasteiger partial charge on any atom is -0.467 e. The number of amides is 2. The largest absolute Gasteiger partial charge is 0.467 e. The summed E-state index contributed by atoms with van der Waals surface area (Å²) in [5, 5.41) is 5.19. The van der Waals surface area contributed by atoms with E-state index in [2.05, 4.69) is 31.4 Å². The summed E-state index contributed by atoms with van der Waals surface area (Å²) in [6, 6.07) is 11.8. The van der Waals surface area contributed by atoms with Gasteiger partial charge in [0.1, 0.15) is 17.9 Å². The fourth-order valence-electron chi connectivity index (χ4n) is 3.32. The van der Waals surface area contributed by atoms with E-state index in [9.17, 15) is 18.8 Å². The predicted molar refractivity (Wildman–Crippen MR) is 121 cm³/mol. The quantitative estimate of drug-likeness (QED) is 0.616. The van der Waals surface area contributed by atoms with Gasteiger partial charge in [0.2, 0.25) is 11.8 Å². The van der Waals surface area contributed by atoms with Crippen LogP contribution in [-0.4, -0.2) is 37.0 Å². The van der Waals surface area contributed by atoms with E-state index in [1.807, 2.05) is 24.3 Å². The van der Waals surface area contributed by atoms with Gasteiger partial charge in [-0.15, -0.1) is 0 Å². The fraction of sp³-hybridized carbons (Fsp3) is 0.400. The number of carbonyl (C=O) groups is 3. The van der Waals surface area contributed by atoms with Gasteiger partial charge in [-0.05, 0) is 28.2 Å². The molecule has 0 saturated carbocycles. The van der Waals surface area contributed by atoms with Crippen LogP contribution in [0.15, 0.2) is 48.5 Å². The van der Waals surface area contributed by atoms with Crippen molar-refractivity contribution in [1.29, 1.82) is 0 Å².